The van der Waals surface area contributed by atoms with Gasteiger partial charge < -0.3 is 14.2 Å². The number of carbonyl (C=O) groups excluding carboxylic acids is 1. The zero-order chi connectivity index (χ0) is 24.5. The maximum absolute atomic E-state index is 13.5. The van der Waals surface area contributed by atoms with Crippen LogP contribution in [0.15, 0.2) is 54.6 Å². The number of likely N-dealkylation sites (tertiary alicyclic amines) is 2. The van der Waals surface area contributed by atoms with E-state index in [-0.39, 0.29) is 17.4 Å². The highest BCUT2D eigenvalue weighted by atomic mass is 16.5. The Bertz CT molecular complexity index is 1220. The molecule has 0 N–H and O–H groups in total. The summed E-state index contributed by atoms with van der Waals surface area (Å²) in [5.41, 5.74) is 2.59. The van der Waals surface area contributed by atoms with Gasteiger partial charge >= 0.3 is 0 Å². The monoisotopic (exact) mass is 485 g/mol. The Morgan fingerprint density at radius 3 is 2.56 bits per heavy atom. The van der Waals surface area contributed by atoms with Crippen molar-refractivity contribution < 1.29 is 9.53 Å². The number of rotatable bonds is 5. The Balaban J connectivity index is 1.37. The first-order valence-electron chi connectivity index (χ1n) is 13.3. The molecule has 0 saturated carbocycles. The van der Waals surface area contributed by atoms with Crippen molar-refractivity contribution in [3.8, 4) is 5.75 Å². The van der Waals surface area contributed by atoms with E-state index >= 15 is 0 Å². The van der Waals surface area contributed by atoms with Crippen LogP contribution in [0.1, 0.15) is 59.7 Å². The van der Waals surface area contributed by atoms with Gasteiger partial charge in [0.2, 0.25) is 5.82 Å². The first-order chi connectivity index (χ1) is 17.7. The van der Waals surface area contributed by atoms with Crippen LogP contribution in [-0.2, 0) is 24.9 Å². The van der Waals surface area contributed by atoms with E-state index in [4.69, 9.17) is 4.74 Å². The van der Waals surface area contributed by atoms with E-state index in [1.807, 2.05) is 17.0 Å². The third-order valence-electron chi connectivity index (χ3n) is 8.65. The molecular weight excluding hydrogens is 450 g/mol. The Morgan fingerprint density at radius 2 is 1.75 bits per heavy atom. The molecule has 2 saturated heterocycles. The number of piperidine rings is 1. The minimum absolute atomic E-state index is 0.00934. The van der Waals surface area contributed by atoms with E-state index in [0.717, 1.165) is 76.4 Å². The molecule has 1 amide bonds. The zero-order valence-electron chi connectivity index (χ0n) is 21.1. The highest BCUT2D eigenvalue weighted by Crippen LogP contribution is 2.47. The van der Waals surface area contributed by atoms with Crippen molar-refractivity contribution >= 4 is 5.91 Å². The number of fused-ring (bicyclic) bond motifs is 2. The lowest BCUT2D eigenvalue weighted by Crippen LogP contribution is -2.45. The highest BCUT2D eigenvalue weighted by molar-refractivity contribution is 5.90. The molecule has 2 atom stereocenters. The van der Waals surface area contributed by atoms with Crippen molar-refractivity contribution in [2.45, 2.75) is 63.1 Å². The van der Waals surface area contributed by atoms with Gasteiger partial charge in [0.05, 0.1) is 7.11 Å². The number of aromatic nitrogens is 3. The van der Waals surface area contributed by atoms with Crippen molar-refractivity contribution in [1.29, 1.82) is 0 Å². The first kappa shape index (κ1) is 23.2. The normalized spacial score (nSPS) is 24.1. The maximum atomic E-state index is 13.5. The third-order valence-corrected chi connectivity index (χ3v) is 8.65. The molecule has 188 valence electrons. The Hall–Kier alpha value is -3.19. The standard InChI is InChI=1S/C29H35N5O2/c1-36-24-13-7-6-10-22(24)20-33-19-16-29(23-11-4-2-5-12-23)15-14-26-30-31-27(34(26)21-25(29)33)28(35)32-17-8-3-9-18-32/h2,4-7,10-13,25H,3,8-9,14-21H2,1H3. The summed E-state index contributed by atoms with van der Waals surface area (Å²) in [6.45, 7) is 4.18. The smallest absolute Gasteiger partial charge is 0.291 e. The van der Waals surface area contributed by atoms with Crippen molar-refractivity contribution in [2.75, 3.05) is 26.7 Å². The average Bonchev–Trinajstić information content (AvgIpc) is 3.45. The Morgan fingerprint density at radius 1 is 0.972 bits per heavy atom. The highest BCUT2D eigenvalue weighted by Gasteiger charge is 2.50. The van der Waals surface area contributed by atoms with E-state index < -0.39 is 0 Å². The van der Waals surface area contributed by atoms with Crippen LogP contribution in [0.5, 0.6) is 5.75 Å². The number of aryl methyl sites for hydroxylation is 1. The molecule has 7 heteroatoms. The molecule has 6 rings (SSSR count). The van der Waals surface area contributed by atoms with E-state index in [0.29, 0.717) is 5.82 Å². The molecule has 1 aromatic heterocycles. The lowest BCUT2D eigenvalue weighted by atomic mass is 9.71. The van der Waals surface area contributed by atoms with Crippen molar-refractivity contribution in [1.82, 2.24) is 24.6 Å². The summed E-state index contributed by atoms with van der Waals surface area (Å²) in [6.07, 6.45) is 6.25. The van der Waals surface area contributed by atoms with Crippen molar-refractivity contribution in [3.05, 3.63) is 77.4 Å². The lowest BCUT2D eigenvalue weighted by Gasteiger charge is -2.38. The molecule has 2 fully saturated rings. The second kappa shape index (κ2) is 9.69. The van der Waals surface area contributed by atoms with Crippen molar-refractivity contribution in [2.24, 2.45) is 0 Å². The quantitative estimate of drug-likeness (QED) is 0.545. The maximum Gasteiger partial charge on any atom is 0.291 e. The molecule has 2 aromatic carbocycles. The first-order valence-corrected chi connectivity index (χ1v) is 13.3. The number of para-hydroxylation sites is 1. The van der Waals surface area contributed by atoms with Gasteiger partial charge in [0.1, 0.15) is 11.6 Å². The fraction of sp³-hybridized carbons (Fsp3) is 0.483. The second-order valence-corrected chi connectivity index (χ2v) is 10.5. The molecule has 4 heterocycles. The summed E-state index contributed by atoms with van der Waals surface area (Å²) in [7, 11) is 1.74. The van der Waals surface area contributed by atoms with Gasteiger partial charge in [-0.1, -0.05) is 48.5 Å². The summed E-state index contributed by atoms with van der Waals surface area (Å²) in [5.74, 6) is 2.42. The van der Waals surface area contributed by atoms with E-state index in [1.165, 1.54) is 17.5 Å². The molecule has 0 radical (unpaired) electrons. The third kappa shape index (κ3) is 3.99. The zero-order valence-corrected chi connectivity index (χ0v) is 21.1. The van der Waals surface area contributed by atoms with Gasteiger partial charge in [-0.2, -0.15) is 0 Å². The van der Waals surface area contributed by atoms with Gasteiger partial charge in [0, 0.05) is 49.6 Å². The average molecular weight is 486 g/mol. The summed E-state index contributed by atoms with van der Waals surface area (Å²) in [5, 5.41) is 8.99. The van der Waals surface area contributed by atoms with E-state index in [9.17, 15) is 4.79 Å². The predicted molar refractivity (Wildman–Crippen MR) is 138 cm³/mol. The van der Waals surface area contributed by atoms with Crippen LogP contribution in [0, 0.1) is 0 Å². The second-order valence-electron chi connectivity index (χ2n) is 10.5. The minimum atomic E-state index is 0.00934. The Labute approximate surface area is 213 Å². The fourth-order valence-corrected chi connectivity index (χ4v) is 6.71. The molecule has 3 aliphatic heterocycles. The molecule has 0 spiro atoms. The predicted octanol–water partition coefficient (Wildman–Crippen LogP) is 4.07. The fourth-order valence-electron chi connectivity index (χ4n) is 6.71. The number of carbonyl (C=O) groups is 1. The van der Waals surface area contributed by atoms with Gasteiger partial charge in [-0.25, -0.2) is 0 Å². The minimum Gasteiger partial charge on any atom is -0.496 e. The van der Waals surface area contributed by atoms with Gasteiger partial charge in [-0.05, 0) is 50.3 Å². The number of nitrogens with zero attached hydrogens (tertiary/aromatic N) is 5. The summed E-state index contributed by atoms with van der Waals surface area (Å²) in [4.78, 5) is 18.1. The van der Waals surface area contributed by atoms with Crippen LogP contribution >= 0.6 is 0 Å². The molecule has 0 bridgehead atoms. The van der Waals surface area contributed by atoms with Crippen LogP contribution in [0.2, 0.25) is 0 Å². The molecule has 2 unspecified atom stereocenters. The van der Waals surface area contributed by atoms with Crippen LogP contribution < -0.4 is 4.74 Å². The topological polar surface area (TPSA) is 63.5 Å². The lowest BCUT2D eigenvalue weighted by molar-refractivity contribution is 0.0702. The van der Waals surface area contributed by atoms with E-state index in [2.05, 4.69) is 62.1 Å². The van der Waals surface area contributed by atoms with Crippen molar-refractivity contribution in [3.63, 3.8) is 0 Å². The van der Waals surface area contributed by atoms with Crippen LogP contribution in [0.4, 0.5) is 0 Å². The number of ether oxygens (including phenoxy) is 1. The van der Waals surface area contributed by atoms with Gasteiger partial charge in [-0.3, -0.25) is 9.69 Å². The molecule has 3 aromatic rings. The summed E-state index contributed by atoms with van der Waals surface area (Å²) in [6, 6.07) is 19.5. The van der Waals surface area contributed by atoms with Gasteiger partial charge in [0.15, 0.2) is 0 Å². The number of hydrogen-bond acceptors (Lipinski definition) is 5. The number of hydrogen-bond donors (Lipinski definition) is 0. The van der Waals surface area contributed by atoms with Gasteiger partial charge in [-0.15, -0.1) is 10.2 Å². The number of benzene rings is 2. The SMILES string of the molecule is COc1ccccc1CN1CCC2(c3ccccc3)CCc3nnc(C(=O)N4CCCCC4)n3CC12. The largest absolute Gasteiger partial charge is 0.496 e. The van der Waals surface area contributed by atoms with Crippen LogP contribution in [-0.4, -0.2) is 63.3 Å². The molecular formula is C29H35N5O2. The van der Waals surface area contributed by atoms with Crippen LogP contribution in [0.3, 0.4) is 0 Å². The number of amides is 1. The summed E-state index contributed by atoms with van der Waals surface area (Å²) < 4.78 is 7.83. The number of methoxy groups -OCH3 is 1. The molecule has 36 heavy (non-hydrogen) atoms. The molecule has 3 aliphatic rings. The Kier molecular flexibility index (Phi) is 6.25. The van der Waals surface area contributed by atoms with Crippen LogP contribution in [0.25, 0.3) is 0 Å². The molecule has 0 aliphatic carbocycles. The van der Waals surface area contributed by atoms with E-state index in [1.54, 1.807) is 7.11 Å². The van der Waals surface area contributed by atoms with Gasteiger partial charge in [0.25, 0.3) is 5.91 Å². The summed E-state index contributed by atoms with van der Waals surface area (Å²) >= 11 is 0. The molecule has 7 nitrogen and oxygen atoms in total.